The number of methoxy groups -OCH3 is 1. The Bertz CT molecular complexity index is 1450. The molecule has 0 saturated heterocycles. The van der Waals surface area contributed by atoms with Gasteiger partial charge in [-0.05, 0) is 44.9 Å². The molecule has 0 amide bonds. The number of hydrogen-bond donors (Lipinski definition) is 0. The van der Waals surface area contributed by atoms with Crippen molar-refractivity contribution in [2.75, 3.05) is 7.11 Å². The number of fused-ring (bicyclic) bond motifs is 3. The number of imidazole rings is 2. The number of nitrogens with zero attached hydrogens (tertiary/aromatic N) is 5. The molecule has 1 atom stereocenters. The maximum atomic E-state index is 13.4. The van der Waals surface area contributed by atoms with Gasteiger partial charge in [-0.2, -0.15) is 4.98 Å². The van der Waals surface area contributed by atoms with Crippen LogP contribution in [0.3, 0.4) is 0 Å². The van der Waals surface area contributed by atoms with E-state index in [1.807, 2.05) is 30.5 Å². The first kappa shape index (κ1) is 20.6. The highest BCUT2D eigenvalue weighted by Gasteiger charge is 2.27. The second kappa shape index (κ2) is 7.26. The second-order valence-corrected chi connectivity index (χ2v) is 7.66. The van der Waals surface area contributed by atoms with E-state index in [9.17, 15) is 14.4 Å². The van der Waals surface area contributed by atoms with Crippen LogP contribution in [0.4, 0.5) is 0 Å². The fraction of sp³-hybridized carbons (Fsp3) is 0.364. The Morgan fingerprint density at radius 2 is 1.77 bits per heavy atom. The van der Waals surface area contributed by atoms with Crippen LogP contribution < -0.4 is 11.2 Å². The molecule has 0 unspecified atom stereocenters. The van der Waals surface area contributed by atoms with Crippen molar-refractivity contribution in [3.63, 3.8) is 0 Å². The summed E-state index contributed by atoms with van der Waals surface area (Å²) in [5, 5.41) is 0. The van der Waals surface area contributed by atoms with Crippen LogP contribution in [0.5, 0.6) is 0 Å². The number of aromatic nitrogens is 5. The van der Waals surface area contributed by atoms with Gasteiger partial charge in [-0.15, -0.1) is 0 Å². The lowest BCUT2D eigenvalue weighted by Crippen LogP contribution is -2.43. The number of ether oxygens (including phenoxy) is 1. The van der Waals surface area contributed by atoms with E-state index in [1.54, 1.807) is 11.4 Å². The number of aryl methyl sites for hydroxylation is 3. The van der Waals surface area contributed by atoms with Gasteiger partial charge in [0.25, 0.3) is 5.56 Å². The fourth-order valence-electron chi connectivity index (χ4n) is 4.02. The molecule has 0 fully saturated rings. The molecular formula is C22H25N5O4. The predicted molar refractivity (Wildman–Crippen MR) is 117 cm³/mol. The third kappa shape index (κ3) is 2.83. The fourth-order valence-corrected chi connectivity index (χ4v) is 4.02. The van der Waals surface area contributed by atoms with Crippen molar-refractivity contribution in [1.82, 2.24) is 23.1 Å². The zero-order valence-electron chi connectivity index (χ0n) is 18.5. The van der Waals surface area contributed by atoms with Gasteiger partial charge in [-0.25, -0.2) is 14.2 Å². The number of esters is 1. The predicted octanol–water partition coefficient (Wildman–Crippen LogP) is 2.05. The van der Waals surface area contributed by atoms with E-state index in [0.717, 1.165) is 28.1 Å². The summed E-state index contributed by atoms with van der Waals surface area (Å²) in [5.74, 6) is -0.134. The molecule has 0 bridgehead atoms. The number of carbonyl (C=O) groups is 1. The number of carbonyl (C=O) groups excluding carboxylic acids is 1. The number of hydrogen-bond acceptors (Lipinski definition) is 5. The molecule has 0 spiro atoms. The molecule has 9 heteroatoms. The average molecular weight is 423 g/mol. The number of rotatable bonds is 4. The lowest BCUT2D eigenvalue weighted by atomic mass is 10.1. The highest BCUT2D eigenvalue weighted by molar-refractivity contribution is 5.78. The van der Waals surface area contributed by atoms with Gasteiger partial charge in [-0.3, -0.25) is 18.3 Å². The van der Waals surface area contributed by atoms with E-state index in [4.69, 9.17) is 4.74 Å². The van der Waals surface area contributed by atoms with Crippen molar-refractivity contribution in [3.05, 3.63) is 62.1 Å². The van der Waals surface area contributed by atoms with Crippen molar-refractivity contribution in [2.24, 2.45) is 7.05 Å². The molecule has 0 N–H and O–H groups in total. The van der Waals surface area contributed by atoms with Crippen LogP contribution in [-0.2, 0) is 23.0 Å². The molecule has 0 aliphatic heterocycles. The standard InChI is InChI=1S/C22H25N5O4/c1-7-15-8-10-16(11-9-15)25-12(2)13(3)26-17-18(23-21(25)26)24(5)22(30)27(19(17)28)14(4)20(29)31-6/h8-11,14H,7H2,1-6H3/t14-/m0/s1. The molecule has 9 nitrogen and oxygen atoms in total. The van der Waals surface area contributed by atoms with Crippen LogP contribution in [0.2, 0.25) is 0 Å². The molecule has 4 aromatic rings. The first-order valence-corrected chi connectivity index (χ1v) is 10.1. The minimum absolute atomic E-state index is 0.248. The Hall–Kier alpha value is -3.62. The lowest BCUT2D eigenvalue weighted by Gasteiger charge is -2.13. The van der Waals surface area contributed by atoms with Crippen LogP contribution in [0, 0.1) is 13.8 Å². The molecule has 0 radical (unpaired) electrons. The first-order chi connectivity index (χ1) is 14.7. The molecule has 162 valence electrons. The first-order valence-electron chi connectivity index (χ1n) is 10.1. The molecule has 3 heterocycles. The number of benzene rings is 1. The lowest BCUT2D eigenvalue weighted by molar-refractivity contribution is -0.144. The zero-order valence-corrected chi connectivity index (χ0v) is 18.5. The van der Waals surface area contributed by atoms with Crippen molar-refractivity contribution in [3.8, 4) is 5.69 Å². The van der Waals surface area contributed by atoms with Crippen LogP contribution in [-0.4, -0.2) is 36.2 Å². The Labute approximate surface area is 178 Å². The Kier molecular flexibility index (Phi) is 4.83. The van der Waals surface area contributed by atoms with Gasteiger partial charge in [0, 0.05) is 24.1 Å². The van der Waals surface area contributed by atoms with E-state index in [1.165, 1.54) is 24.2 Å². The van der Waals surface area contributed by atoms with Crippen molar-refractivity contribution >= 4 is 22.9 Å². The van der Waals surface area contributed by atoms with Crippen LogP contribution in [0.25, 0.3) is 22.6 Å². The van der Waals surface area contributed by atoms with Gasteiger partial charge in [-0.1, -0.05) is 19.1 Å². The van der Waals surface area contributed by atoms with Gasteiger partial charge in [0.15, 0.2) is 11.2 Å². The summed E-state index contributed by atoms with van der Waals surface area (Å²) >= 11 is 0. The third-order valence-corrected chi connectivity index (χ3v) is 6.00. The molecule has 0 aliphatic rings. The maximum Gasteiger partial charge on any atom is 0.333 e. The van der Waals surface area contributed by atoms with Crippen LogP contribution >= 0.6 is 0 Å². The normalized spacial score (nSPS) is 12.6. The summed E-state index contributed by atoms with van der Waals surface area (Å²) in [4.78, 5) is 43.0. The molecule has 4 rings (SSSR count). The van der Waals surface area contributed by atoms with E-state index < -0.39 is 23.3 Å². The Morgan fingerprint density at radius 3 is 2.35 bits per heavy atom. The zero-order chi connectivity index (χ0) is 22.6. The quantitative estimate of drug-likeness (QED) is 0.469. The summed E-state index contributed by atoms with van der Waals surface area (Å²) in [6.07, 6.45) is 0.937. The van der Waals surface area contributed by atoms with Gasteiger partial charge < -0.3 is 4.74 Å². The maximum absolute atomic E-state index is 13.4. The van der Waals surface area contributed by atoms with E-state index in [2.05, 4.69) is 24.0 Å². The third-order valence-electron chi connectivity index (χ3n) is 6.00. The molecule has 0 saturated carbocycles. The SMILES string of the molecule is CCc1ccc(-n2c(C)c(C)n3c4c(=O)n([C@@H](C)C(=O)OC)c(=O)n(C)c4nc23)cc1. The van der Waals surface area contributed by atoms with Crippen molar-refractivity contribution in [1.29, 1.82) is 0 Å². The minimum atomic E-state index is -1.06. The van der Waals surface area contributed by atoms with Crippen LogP contribution in [0.15, 0.2) is 33.9 Å². The van der Waals surface area contributed by atoms with Crippen molar-refractivity contribution in [2.45, 2.75) is 40.2 Å². The van der Waals surface area contributed by atoms with Gasteiger partial charge >= 0.3 is 11.7 Å². The summed E-state index contributed by atoms with van der Waals surface area (Å²) in [6, 6.07) is 7.09. The topological polar surface area (TPSA) is 92.5 Å². The molecule has 1 aromatic carbocycles. The smallest absolute Gasteiger partial charge is 0.333 e. The largest absolute Gasteiger partial charge is 0.467 e. The molecule has 0 aliphatic carbocycles. The summed E-state index contributed by atoms with van der Waals surface area (Å²) < 4.78 is 10.7. The molecule has 31 heavy (non-hydrogen) atoms. The highest BCUT2D eigenvalue weighted by Crippen LogP contribution is 2.25. The minimum Gasteiger partial charge on any atom is -0.467 e. The second-order valence-electron chi connectivity index (χ2n) is 7.66. The summed E-state index contributed by atoms with van der Waals surface area (Å²) in [7, 11) is 2.76. The Balaban J connectivity index is 2.12. The average Bonchev–Trinajstić information content (AvgIpc) is 3.27. The highest BCUT2D eigenvalue weighted by atomic mass is 16.5. The van der Waals surface area contributed by atoms with Crippen molar-refractivity contribution < 1.29 is 9.53 Å². The summed E-state index contributed by atoms with van der Waals surface area (Å²) in [5.41, 5.74) is 3.19. The molecule has 3 aromatic heterocycles. The van der Waals surface area contributed by atoms with E-state index >= 15 is 0 Å². The van der Waals surface area contributed by atoms with Gasteiger partial charge in [0.05, 0.1) is 7.11 Å². The van der Waals surface area contributed by atoms with Gasteiger partial charge in [0.1, 0.15) is 6.04 Å². The van der Waals surface area contributed by atoms with E-state index in [-0.39, 0.29) is 11.2 Å². The van der Waals surface area contributed by atoms with E-state index in [0.29, 0.717) is 5.78 Å². The van der Waals surface area contributed by atoms with Crippen LogP contribution in [0.1, 0.15) is 36.8 Å². The summed E-state index contributed by atoms with van der Waals surface area (Å²) in [6.45, 7) is 7.43. The monoisotopic (exact) mass is 423 g/mol. The molecular weight excluding hydrogens is 398 g/mol. The Morgan fingerprint density at radius 1 is 1.13 bits per heavy atom. The van der Waals surface area contributed by atoms with Gasteiger partial charge in [0.2, 0.25) is 5.78 Å².